The Labute approximate surface area is 188 Å². The summed E-state index contributed by atoms with van der Waals surface area (Å²) in [7, 11) is 0. The van der Waals surface area contributed by atoms with Gasteiger partial charge in [-0.15, -0.1) is 0 Å². The molecule has 2 aliphatic rings. The topological polar surface area (TPSA) is 93.9 Å². The molecule has 1 aromatic heterocycles. The first-order valence-corrected chi connectivity index (χ1v) is 11.5. The van der Waals surface area contributed by atoms with Gasteiger partial charge in [-0.2, -0.15) is 0 Å². The molecule has 1 aromatic carbocycles. The van der Waals surface area contributed by atoms with Gasteiger partial charge in [0.25, 0.3) is 0 Å². The number of anilines is 1. The first-order chi connectivity index (χ1) is 15.5. The number of piperidine rings is 1. The highest BCUT2D eigenvalue weighted by Gasteiger charge is 2.32. The lowest BCUT2D eigenvalue weighted by Gasteiger charge is -2.36. The maximum atomic E-state index is 13.1. The van der Waals surface area contributed by atoms with Crippen LogP contribution >= 0.6 is 0 Å². The summed E-state index contributed by atoms with van der Waals surface area (Å²) in [5, 5.41) is 6.75. The minimum atomic E-state index is -0.239. The number of Topliss-reactive ketones (excluding diaryl/α,β-unsaturated/α-hetero) is 1. The van der Waals surface area contributed by atoms with Crippen LogP contribution in [0.25, 0.3) is 0 Å². The Bertz CT molecular complexity index is 949. The van der Waals surface area contributed by atoms with Crippen LogP contribution in [0.15, 0.2) is 28.8 Å². The maximum absolute atomic E-state index is 13.1. The first-order valence-electron chi connectivity index (χ1n) is 11.5. The molecule has 8 nitrogen and oxygen atoms in total. The molecule has 1 saturated heterocycles. The Morgan fingerprint density at radius 2 is 1.91 bits per heavy atom. The molecular formula is C24H31N3O5. The van der Waals surface area contributed by atoms with E-state index in [9.17, 15) is 9.59 Å². The number of likely N-dealkylation sites (tertiary alicyclic amines) is 1. The van der Waals surface area contributed by atoms with E-state index in [0.29, 0.717) is 54.9 Å². The number of fused-ring (bicyclic) bond motifs is 1. The van der Waals surface area contributed by atoms with Gasteiger partial charge in [0.15, 0.2) is 23.1 Å². The number of amides is 1. The smallest absolute Gasteiger partial charge is 0.242 e. The van der Waals surface area contributed by atoms with Crippen molar-refractivity contribution in [2.75, 3.05) is 31.6 Å². The van der Waals surface area contributed by atoms with Crippen LogP contribution in [0.5, 0.6) is 11.5 Å². The molecule has 1 N–H and O–H groups in total. The molecular weight excluding hydrogens is 410 g/mol. The van der Waals surface area contributed by atoms with E-state index in [1.807, 2.05) is 12.1 Å². The lowest BCUT2D eigenvalue weighted by Crippen LogP contribution is -2.48. The minimum Gasteiger partial charge on any atom is -0.486 e. The summed E-state index contributed by atoms with van der Waals surface area (Å²) >= 11 is 0. The Hall–Kier alpha value is -2.87. The molecule has 1 amide bonds. The van der Waals surface area contributed by atoms with E-state index in [0.717, 1.165) is 32.1 Å². The molecule has 8 heteroatoms. The second-order valence-corrected chi connectivity index (χ2v) is 8.50. The third kappa shape index (κ3) is 5.12. The van der Waals surface area contributed by atoms with Gasteiger partial charge in [0.1, 0.15) is 19.0 Å². The van der Waals surface area contributed by atoms with Gasteiger partial charge < -0.3 is 19.3 Å². The minimum absolute atomic E-state index is 0.0538. The van der Waals surface area contributed by atoms with Gasteiger partial charge in [0.05, 0.1) is 6.04 Å². The number of aromatic nitrogens is 1. The summed E-state index contributed by atoms with van der Waals surface area (Å²) in [5.41, 5.74) is 0.661. The maximum Gasteiger partial charge on any atom is 0.242 e. The van der Waals surface area contributed by atoms with Gasteiger partial charge in [-0.3, -0.25) is 14.5 Å². The van der Waals surface area contributed by atoms with Gasteiger partial charge in [0.2, 0.25) is 5.91 Å². The number of carbonyl (C=O) groups excluding carboxylic acids is 2. The van der Waals surface area contributed by atoms with E-state index in [1.54, 1.807) is 19.1 Å². The third-order valence-corrected chi connectivity index (χ3v) is 6.18. The molecule has 0 spiro atoms. The quantitative estimate of drug-likeness (QED) is 0.622. The van der Waals surface area contributed by atoms with E-state index >= 15 is 0 Å². The molecule has 32 heavy (non-hydrogen) atoms. The predicted octanol–water partition coefficient (Wildman–Crippen LogP) is 3.85. The molecule has 0 aliphatic carbocycles. The highest BCUT2D eigenvalue weighted by atomic mass is 16.6. The van der Waals surface area contributed by atoms with E-state index in [4.69, 9.17) is 14.0 Å². The zero-order valence-corrected chi connectivity index (χ0v) is 18.8. The van der Waals surface area contributed by atoms with Crippen molar-refractivity contribution in [3.05, 3.63) is 35.6 Å². The summed E-state index contributed by atoms with van der Waals surface area (Å²) in [6, 6.07) is 6.90. The summed E-state index contributed by atoms with van der Waals surface area (Å²) in [6.07, 6.45) is 4.22. The predicted molar refractivity (Wildman–Crippen MR) is 119 cm³/mol. The van der Waals surface area contributed by atoms with Crippen molar-refractivity contribution in [2.45, 2.75) is 52.0 Å². The van der Waals surface area contributed by atoms with Crippen LogP contribution in [0.4, 0.5) is 5.82 Å². The largest absolute Gasteiger partial charge is 0.486 e. The van der Waals surface area contributed by atoms with E-state index in [-0.39, 0.29) is 23.7 Å². The Morgan fingerprint density at radius 1 is 1.16 bits per heavy atom. The SMILES string of the molecule is CCCCC(C(=O)Nc1cc(C)on1)N1CCC(C(=O)c2ccc3c(c2)OCCO3)CC1. The fourth-order valence-corrected chi connectivity index (χ4v) is 4.42. The van der Waals surface area contributed by atoms with Crippen molar-refractivity contribution < 1.29 is 23.6 Å². The molecule has 0 radical (unpaired) electrons. The molecule has 1 unspecified atom stereocenters. The number of aryl methyl sites for hydroxylation is 1. The van der Waals surface area contributed by atoms with Crippen molar-refractivity contribution >= 4 is 17.5 Å². The molecule has 2 aromatic rings. The Kier molecular flexibility index (Phi) is 7.09. The Morgan fingerprint density at radius 3 is 2.59 bits per heavy atom. The average molecular weight is 442 g/mol. The van der Waals surface area contributed by atoms with Crippen molar-refractivity contribution in [3.63, 3.8) is 0 Å². The molecule has 3 heterocycles. The number of ether oxygens (including phenoxy) is 2. The second-order valence-electron chi connectivity index (χ2n) is 8.50. The van der Waals surface area contributed by atoms with Crippen LogP contribution in [-0.4, -0.2) is 54.1 Å². The van der Waals surface area contributed by atoms with Crippen molar-refractivity contribution in [1.29, 1.82) is 0 Å². The zero-order chi connectivity index (χ0) is 22.5. The van der Waals surface area contributed by atoms with Crippen molar-refractivity contribution in [3.8, 4) is 11.5 Å². The highest BCUT2D eigenvalue weighted by molar-refractivity contribution is 5.98. The van der Waals surface area contributed by atoms with Gasteiger partial charge in [-0.25, -0.2) is 0 Å². The first kappa shape index (κ1) is 22.3. The van der Waals surface area contributed by atoms with Crippen molar-refractivity contribution in [1.82, 2.24) is 10.1 Å². The molecule has 0 saturated carbocycles. The number of nitrogens with one attached hydrogen (secondary N) is 1. The number of hydrogen-bond donors (Lipinski definition) is 1. The third-order valence-electron chi connectivity index (χ3n) is 6.18. The van der Waals surface area contributed by atoms with Crippen LogP contribution in [0.1, 0.15) is 55.1 Å². The highest BCUT2D eigenvalue weighted by Crippen LogP contribution is 2.33. The molecule has 1 fully saturated rings. The zero-order valence-electron chi connectivity index (χ0n) is 18.8. The van der Waals surface area contributed by atoms with Gasteiger partial charge in [-0.05, 0) is 57.5 Å². The number of ketones is 1. The average Bonchev–Trinajstić information content (AvgIpc) is 3.23. The fourth-order valence-electron chi connectivity index (χ4n) is 4.42. The lowest BCUT2D eigenvalue weighted by molar-refractivity contribution is -0.122. The van der Waals surface area contributed by atoms with Gasteiger partial charge in [-0.1, -0.05) is 24.9 Å². The molecule has 172 valence electrons. The summed E-state index contributed by atoms with van der Waals surface area (Å²) < 4.78 is 16.2. The van der Waals surface area contributed by atoms with E-state index < -0.39 is 0 Å². The summed E-state index contributed by atoms with van der Waals surface area (Å²) in [6.45, 7) is 6.36. The van der Waals surface area contributed by atoms with Crippen LogP contribution in [0.2, 0.25) is 0 Å². The van der Waals surface area contributed by atoms with Crippen molar-refractivity contribution in [2.24, 2.45) is 5.92 Å². The van der Waals surface area contributed by atoms with Crippen LogP contribution in [0.3, 0.4) is 0 Å². The monoisotopic (exact) mass is 441 g/mol. The fraction of sp³-hybridized carbons (Fsp3) is 0.542. The normalized spacial score (nSPS) is 17.7. The summed E-state index contributed by atoms with van der Waals surface area (Å²) in [5.74, 6) is 2.44. The number of unbranched alkanes of at least 4 members (excludes halogenated alkanes) is 1. The lowest BCUT2D eigenvalue weighted by atomic mass is 9.87. The van der Waals surface area contributed by atoms with E-state index in [1.165, 1.54) is 0 Å². The van der Waals surface area contributed by atoms with Gasteiger partial charge in [0, 0.05) is 17.5 Å². The molecule has 0 bridgehead atoms. The molecule has 4 rings (SSSR count). The number of carbonyl (C=O) groups is 2. The van der Waals surface area contributed by atoms with Crippen LogP contribution in [0, 0.1) is 12.8 Å². The van der Waals surface area contributed by atoms with Gasteiger partial charge >= 0.3 is 0 Å². The second kappa shape index (κ2) is 10.2. The number of nitrogens with zero attached hydrogens (tertiary/aromatic N) is 2. The van der Waals surface area contributed by atoms with Crippen LogP contribution in [-0.2, 0) is 4.79 Å². The van der Waals surface area contributed by atoms with Crippen LogP contribution < -0.4 is 14.8 Å². The standard InChI is InChI=1S/C24H31N3O5/c1-3-4-5-19(24(29)25-22-14-16(2)32-26-22)27-10-8-17(9-11-27)23(28)18-6-7-20-21(15-18)31-13-12-30-20/h6-7,14-15,17,19H,3-5,8-13H2,1-2H3,(H,25,26,29). The molecule has 1 atom stereocenters. The number of rotatable bonds is 8. The summed E-state index contributed by atoms with van der Waals surface area (Å²) in [4.78, 5) is 28.3. The number of hydrogen-bond acceptors (Lipinski definition) is 7. The van der Waals surface area contributed by atoms with E-state index in [2.05, 4.69) is 22.3 Å². The number of benzene rings is 1. The Balaban J connectivity index is 1.37. The molecule has 2 aliphatic heterocycles.